The number of carbonyl (C=O) groups excluding carboxylic acids is 1. The van der Waals surface area contributed by atoms with Crippen molar-refractivity contribution in [1.29, 1.82) is 0 Å². The predicted molar refractivity (Wildman–Crippen MR) is 108 cm³/mol. The van der Waals surface area contributed by atoms with Crippen molar-refractivity contribution in [2.24, 2.45) is 0 Å². The Morgan fingerprint density at radius 1 is 1.04 bits per heavy atom. The van der Waals surface area contributed by atoms with Crippen LogP contribution in [0.1, 0.15) is 43.2 Å². The monoisotopic (exact) mass is 361 g/mol. The number of nitrogens with one attached hydrogen (secondary N) is 1. The van der Waals surface area contributed by atoms with Crippen LogP contribution in [0.3, 0.4) is 0 Å². The van der Waals surface area contributed by atoms with Gasteiger partial charge in [0.2, 0.25) is 5.91 Å². The average molecular weight is 361 g/mol. The van der Waals surface area contributed by atoms with Gasteiger partial charge in [0.15, 0.2) is 0 Å². The number of rotatable bonds is 5. The summed E-state index contributed by atoms with van der Waals surface area (Å²) >= 11 is 0. The molecule has 4 rings (SSSR count). The summed E-state index contributed by atoms with van der Waals surface area (Å²) in [6.07, 6.45) is 2.46. The van der Waals surface area contributed by atoms with E-state index in [4.69, 9.17) is 4.74 Å². The van der Waals surface area contributed by atoms with Crippen molar-refractivity contribution in [1.82, 2.24) is 0 Å². The highest BCUT2D eigenvalue weighted by molar-refractivity contribution is 6.07. The summed E-state index contributed by atoms with van der Waals surface area (Å²) in [6.45, 7) is 2.81. The molecule has 0 aromatic heterocycles. The molecule has 27 heavy (non-hydrogen) atoms. The normalized spacial score (nSPS) is 16.0. The molecule has 3 aromatic rings. The summed E-state index contributed by atoms with van der Waals surface area (Å²) in [4.78, 5) is 12.5. The number of carbonyl (C=O) groups is 1. The largest absolute Gasteiger partial charge is 0.507 e. The molecule has 4 nitrogen and oxygen atoms in total. The first-order valence-electron chi connectivity index (χ1n) is 9.45. The Labute approximate surface area is 158 Å². The summed E-state index contributed by atoms with van der Waals surface area (Å²) in [6, 6.07) is 17.3. The molecule has 0 saturated carbocycles. The number of hydrogen-bond acceptors (Lipinski definition) is 3. The maximum atomic E-state index is 12.5. The summed E-state index contributed by atoms with van der Waals surface area (Å²) < 4.78 is 6.02. The highest BCUT2D eigenvalue weighted by Crippen LogP contribution is 2.44. The molecular weight excluding hydrogens is 338 g/mol. The van der Waals surface area contributed by atoms with Gasteiger partial charge >= 0.3 is 0 Å². The van der Waals surface area contributed by atoms with Crippen LogP contribution in [0.2, 0.25) is 0 Å². The summed E-state index contributed by atoms with van der Waals surface area (Å²) in [5.41, 5.74) is 2.87. The van der Waals surface area contributed by atoms with Crippen LogP contribution in [0.15, 0.2) is 54.6 Å². The molecule has 1 aliphatic rings. The third kappa shape index (κ3) is 3.23. The molecule has 138 valence electrons. The quantitative estimate of drug-likeness (QED) is 0.614. The van der Waals surface area contributed by atoms with Crippen molar-refractivity contribution >= 4 is 22.4 Å². The number of aromatic hydroxyl groups is 1. The Morgan fingerprint density at radius 2 is 1.89 bits per heavy atom. The second-order valence-corrected chi connectivity index (χ2v) is 6.95. The van der Waals surface area contributed by atoms with Gasteiger partial charge in [-0.15, -0.1) is 0 Å². The minimum atomic E-state index is -0.0710. The van der Waals surface area contributed by atoms with E-state index in [0.717, 1.165) is 46.2 Å². The summed E-state index contributed by atoms with van der Waals surface area (Å²) in [7, 11) is 0. The maximum Gasteiger partial charge on any atom is 0.225 e. The molecule has 0 saturated heterocycles. The van der Waals surface area contributed by atoms with Gasteiger partial charge in [-0.2, -0.15) is 0 Å². The summed E-state index contributed by atoms with van der Waals surface area (Å²) in [5.74, 6) is 0.965. The molecule has 1 aliphatic heterocycles. The maximum absolute atomic E-state index is 12.5. The van der Waals surface area contributed by atoms with Crippen molar-refractivity contribution in [2.75, 3.05) is 11.9 Å². The third-order valence-electron chi connectivity index (χ3n) is 5.15. The van der Waals surface area contributed by atoms with E-state index in [1.54, 1.807) is 12.1 Å². The van der Waals surface area contributed by atoms with Crippen LogP contribution in [0.25, 0.3) is 10.8 Å². The lowest BCUT2D eigenvalue weighted by atomic mass is 9.83. The van der Waals surface area contributed by atoms with Crippen molar-refractivity contribution in [3.8, 4) is 11.5 Å². The first-order valence-corrected chi connectivity index (χ1v) is 9.45. The van der Waals surface area contributed by atoms with Crippen molar-refractivity contribution in [3.63, 3.8) is 0 Å². The SMILES string of the molecule is CCCCOc1ccccc1[C@H]1CC(=O)Nc2c1ccc1c(O)cccc21. The number of fused-ring (bicyclic) bond motifs is 3. The Bertz CT molecular complexity index is 996. The Morgan fingerprint density at radius 3 is 2.74 bits per heavy atom. The number of benzene rings is 3. The first kappa shape index (κ1) is 17.4. The molecule has 0 unspecified atom stereocenters. The fourth-order valence-corrected chi connectivity index (χ4v) is 3.78. The van der Waals surface area contributed by atoms with Crippen LogP contribution in [-0.2, 0) is 4.79 Å². The van der Waals surface area contributed by atoms with Crippen LogP contribution in [0.5, 0.6) is 11.5 Å². The molecule has 1 amide bonds. The second-order valence-electron chi connectivity index (χ2n) is 6.95. The van der Waals surface area contributed by atoms with Gasteiger partial charge in [-0.3, -0.25) is 4.79 Å². The zero-order valence-corrected chi connectivity index (χ0v) is 15.4. The van der Waals surface area contributed by atoms with Gasteiger partial charge in [0, 0.05) is 28.7 Å². The van der Waals surface area contributed by atoms with Crippen molar-refractivity contribution in [3.05, 3.63) is 65.7 Å². The number of anilines is 1. The number of para-hydroxylation sites is 1. The third-order valence-corrected chi connectivity index (χ3v) is 5.15. The molecule has 0 aliphatic carbocycles. The Kier molecular flexibility index (Phi) is 4.71. The van der Waals surface area contributed by atoms with E-state index in [-0.39, 0.29) is 17.6 Å². The van der Waals surface area contributed by atoms with E-state index in [0.29, 0.717) is 13.0 Å². The number of phenolic OH excluding ortho intramolecular Hbond substituents is 1. The average Bonchev–Trinajstić information content (AvgIpc) is 2.68. The Balaban J connectivity index is 1.82. The molecule has 0 bridgehead atoms. The van der Waals surface area contributed by atoms with E-state index in [2.05, 4.69) is 12.2 Å². The molecule has 1 heterocycles. The van der Waals surface area contributed by atoms with Crippen LogP contribution in [0.4, 0.5) is 5.69 Å². The number of amides is 1. The van der Waals surface area contributed by atoms with E-state index < -0.39 is 0 Å². The lowest BCUT2D eigenvalue weighted by Crippen LogP contribution is -2.24. The van der Waals surface area contributed by atoms with Crippen molar-refractivity contribution < 1.29 is 14.6 Å². The molecule has 3 aromatic carbocycles. The lowest BCUT2D eigenvalue weighted by Gasteiger charge is -2.28. The van der Waals surface area contributed by atoms with E-state index in [1.165, 1.54) is 0 Å². The van der Waals surface area contributed by atoms with Crippen LogP contribution >= 0.6 is 0 Å². The second kappa shape index (κ2) is 7.31. The van der Waals surface area contributed by atoms with Gasteiger partial charge in [0.1, 0.15) is 11.5 Å². The first-order chi connectivity index (χ1) is 13.2. The van der Waals surface area contributed by atoms with E-state index in [9.17, 15) is 9.90 Å². The predicted octanol–water partition coefficient (Wildman–Crippen LogP) is 5.20. The van der Waals surface area contributed by atoms with Crippen LogP contribution in [0, 0.1) is 0 Å². The Hall–Kier alpha value is -3.01. The number of unbranched alkanes of at least 4 members (excludes halogenated alkanes) is 1. The van der Waals surface area contributed by atoms with Gasteiger partial charge in [-0.25, -0.2) is 0 Å². The smallest absolute Gasteiger partial charge is 0.225 e. The van der Waals surface area contributed by atoms with Gasteiger partial charge in [0.25, 0.3) is 0 Å². The molecule has 4 heteroatoms. The van der Waals surface area contributed by atoms with Crippen molar-refractivity contribution in [2.45, 2.75) is 32.1 Å². The summed E-state index contributed by atoms with van der Waals surface area (Å²) in [5, 5.41) is 14.8. The highest BCUT2D eigenvalue weighted by atomic mass is 16.5. The topological polar surface area (TPSA) is 58.6 Å². The van der Waals surface area contributed by atoms with Gasteiger partial charge in [0.05, 0.1) is 12.3 Å². The fraction of sp³-hybridized carbons (Fsp3) is 0.261. The van der Waals surface area contributed by atoms with E-state index in [1.807, 2.05) is 42.5 Å². The fourth-order valence-electron chi connectivity index (χ4n) is 3.78. The standard InChI is InChI=1S/C23H23NO3/c1-2-3-13-27-21-10-5-4-7-16(21)19-14-22(26)24-23-17-8-6-9-20(25)15(17)11-12-18(19)23/h4-12,19,25H,2-3,13-14H2,1H3,(H,24,26)/t19-/m1/s1. The van der Waals surface area contributed by atoms with Gasteiger partial charge in [-0.05, 0) is 24.1 Å². The van der Waals surface area contributed by atoms with Crippen LogP contribution in [-0.4, -0.2) is 17.6 Å². The molecule has 2 N–H and O–H groups in total. The highest BCUT2D eigenvalue weighted by Gasteiger charge is 2.29. The van der Waals surface area contributed by atoms with Gasteiger partial charge < -0.3 is 15.2 Å². The molecule has 0 fully saturated rings. The zero-order chi connectivity index (χ0) is 18.8. The molecular formula is C23H23NO3. The molecule has 0 radical (unpaired) electrons. The number of phenols is 1. The van der Waals surface area contributed by atoms with Crippen LogP contribution < -0.4 is 10.1 Å². The zero-order valence-electron chi connectivity index (χ0n) is 15.4. The lowest BCUT2D eigenvalue weighted by molar-refractivity contribution is -0.116. The van der Waals surface area contributed by atoms with Gasteiger partial charge in [-0.1, -0.05) is 55.8 Å². The molecule has 1 atom stereocenters. The van der Waals surface area contributed by atoms with E-state index >= 15 is 0 Å². The minimum absolute atomic E-state index is 0.0216. The number of hydrogen-bond donors (Lipinski definition) is 2. The minimum Gasteiger partial charge on any atom is -0.507 e. The number of ether oxygens (including phenoxy) is 1. The molecule has 0 spiro atoms.